The van der Waals surface area contributed by atoms with Crippen LogP contribution in [0.5, 0.6) is 0 Å². The van der Waals surface area contributed by atoms with Crippen LogP contribution in [0.25, 0.3) is 0 Å². The van der Waals surface area contributed by atoms with Crippen molar-refractivity contribution in [1.82, 2.24) is 5.32 Å². The first-order valence-electron chi connectivity index (χ1n) is 12.6. The minimum atomic E-state index is -4.03. The zero-order valence-electron chi connectivity index (χ0n) is 21.3. The van der Waals surface area contributed by atoms with Crippen molar-refractivity contribution in [1.29, 1.82) is 0 Å². The summed E-state index contributed by atoms with van der Waals surface area (Å²) in [4.78, 5) is 28.3. The molecule has 0 aliphatic carbocycles. The molecule has 4 aromatic rings. The molecule has 0 unspecified atom stereocenters. The summed E-state index contributed by atoms with van der Waals surface area (Å²) < 4.78 is 27.4. The molecule has 1 N–H and O–H groups in total. The third-order valence-corrected chi connectivity index (χ3v) is 8.86. The summed E-state index contributed by atoms with van der Waals surface area (Å²) in [7, 11) is -4.03. The molecule has 6 nitrogen and oxygen atoms in total. The van der Waals surface area contributed by atoms with Crippen molar-refractivity contribution in [2.45, 2.75) is 42.1 Å². The van der Waals surface area contributed by atoms with Crippen molar-refractivity contribution in [3.63, 3.8) is 0 Å². The molecule has 0 bridgehead atoms. The van der Waals surface area contributed by atoms with Gasteiger partial charge in [-0.05, 0) is 73.4 Å². The Morgan fingerprint density at radius 1 is 0.872 bits per heavy atom. The normalized spacial score (nSPS) is 14.6. The van der Waals surface area contributed by atoms with E-state index < -0.39 is 15.7 Å². The van der Waals surface area contributed by atoms with Gasteiger partial charge in [-0.25, -0.2) is 8.42 Å². The van der Waals surface area contributed by atoms with E-state index in [1.165, 1.54) is 40.8 Å². The molecular weight excluding hydrogens is 532 g/mol. The molecule has 4 aromatic carbocycles. The van der Waals surface area contributed by atoms with Gasteiger partial charge in [0.15, 0.2) is 0 Å². The molecule has 39 heavy (non-hydrogen) atoms. The number of hydrogen-bond acceptors (Lipinski definition) is 4. The number of aryl methyl sites for hydroxylation is 1. The lowest BCUT2D eigenvalue weighted by Crippen LogP contribution is -2.34. The summed E-state index contributed by atoms with van der Waals surface area (Å²) in [6, 6.07) is 27.5. The number of carbonyl (C=O) groups is 2. The maximum atomic E-state index is 13.8. The molecule has 198 valence electrons. The van der Waals surface area contributed by atoms with Crippen LogP contribution in [0.1, 0.15) is 45.2 Å². The molecule has 1 heterocycles. The zero-order chi connectivity index (χ0) is 27.6. The second kappa shape index (κ2) is 11.0. The Hall–Kier alpha value is -3.94. The van der Waals surface area contributed by atoms with Crippen LogP contribution in [0.3, 0.4) is 0 Å². The molecule has 1 atom stereocenters. The Kier molecular flexibility index (Phi) is 7.55. The van der Waals surface area contributed by atoms with Crippen molar-refractivity contribution < 1.29 is 18.0 Å². The van der Waals surface area contributed by atoms with Gasteiger partial charge in [-0.3, -0.25) is 9.59 Å². The van der Waals surface area contributed by atoms with Crippen molar-refractivity contribution in [3.05, 3.63) is 124 Å². The van der Waals surface area contributed by atoms with E-state index in [4.69, 9.17) is 11.6 Å². The number of benzene rings is 4. The predicted octanol–water partition coefficient (Wildman–Crippen LogP) is 6.08. The lowest BCUT2D eigenvalue weighted by atomic mass is 10.1. The van der Waals surface area contributed by atoms with Crippen LogP contribution in [0, 0.1) is 0 Å². The number of fused-ring (bicyclic) bond motifs is 2. The lowest BCUT2D eigenvalue weighted by molar-refractivity contribution is 0.0935. The maximum absolute atomic E-state index is 13.8. The number of carbonyl (C=O) groups excluding carboxylic acids is 2. The Morgan fingerprint density at radius 3 is 2.36 bits per heavy atom. The summed E-state index contributed by atoms with van der Waals surface area (Å²) in [5.74, 6) is -0.811. The Labute approximate surface area is 233 Å². The van der Waals surface area contributed by atoms with Crippen LogP contribution in [0.15, 0.2) is 107 Å². The number of nitrogens with one attached hydrogen (secondary N) is 1. The fourth-order valence-electron chi connectivity index (χ4n) is 4.73. The average molecular weight is 559 g/mol. The predicted molar refractivity (Wildman–Crippen MR) is 152 cm³/mol. The molecule has 5 rings (SSSR count). The molecule has 1 aliphatic heterocycles. The van der Waals surface area contributed by atoms with Gasteiger partial charge in [0, 0.05) is 16.6 Å². The molecule has 0 saturated carbocycles. The molecule has 0 spiro atoms. The van der Waals surface area contributed by atoms with Gasteiger partial charge in [-0.15, -0.1) is 0 Å². The van der Waals surface area contributed by atoms with Crippen LogP contribution in [0.4, 0.5) is 5.69 Å². The number of nitrogens with zero attached hydrogens (tertiary/aromatic N) is 1. The zero-order valence-corrected chi connectivity index (χ0v) is 22.9. The van der Waals surface area contributed by atoms with E-state index in [-0.39, 0.29) is 45.1 Å². The highest BCUT2D eigenvalue weighted by molar-refractivity contribution is 7.91. The number of amides is 2. The van der Waals surface area contributed by atoms with Crippen molar-refractivity contribution >= 4 is 38.9 Å². The quantitative estimate of drug-likeness (QED) is 0.298. The molecule has 2 amide bonds. The SMILES string of the molecule is C[C@H](CCc1ccccc1)NC(=O)c1ccc2c(c1)N(Cc1cccc(Cl)c1)C(=O)c1ccccc1S2(=O)=O. The monoisotopic (exact) mass is 558 g/mol. The molecule has 0 fully saturated rings. The number of rotatable bonds is 7. The van der Waals surface area contributed by atoms with Crippen molar-refractivity contribution in [2.75, 3.05) is 4.90 Å². The molecular formula is C31H27ClN2O4S. The highest BCUT2D eigenvalue weighted by Crippen LogP contribution is 2.38. The minimum Gasteiger partial charge on any atom is -0.350 e. The molecule has 8 heteroatoms. The van der Waals surface area contributed by atoms with Gasteiger partial charge >= 0.3 is 0 Å². The summed E-state index contributed by atoms with van der Waals surface area (Å²) in [5, 5.41) is 3.50. The van der Waals surface area contributed by atoms with Gasteiger partial charge in [0.25, 0.3) is 11.8 Å². The van der Waals surface area contributed by atoms with Gasteiger partial charge < -0.3 is 10.2 Å². The van der Waals surface area contributed by atoms with Gasteiger partial charge in [0.2, 0.25) is 9.84 Å². The molecule has 0 aromatic heterocycles. The van der Waals surface area contributed by atoms with Crippen LogP contribution in [0.2, 0.25) is 5.02 Å². The van der Waals surface area contributed by atoms with Crippen molar-refractivity contribution in [3.8, 4) is 0 Å². The number of anilines is 1. The molecule has 1 aliphatic rings. The smallest absolute Gasteiger partial charge is 0.259 e. The number of halogens is 1. The van der Waals surface area contributed by atoms with Crippen LogP contribution in [-0.4, -0.2) is 26.3 Å². The molecule has 0 radical (unpaired) electrons. The number of hydrogen-bond donors (Lipinski definition) is 1. The largest absolute Gasteiger partial charge is 0.350 e. The third kappa shape index (κ3) is 5.60. The van der Waals surface area contributed by atoms with E-state index in [1.807, 2.05) is 43.3 Å². The summed E-state index contributed by atoms with van der Waals surface area (Å²) in [6.45, 7) is 2.01. The summed E-state index contributed by atoms with van der Waals surface area (Å²) in [6.07, 6.45) is 1.55. The van der Waals surface area contributed by atoms with E-state index >= 15 is 0 Å². The Bertz CT molecular complexity index is 1650. The van der Waals surface area contributed by atoms with Crippen molar-refractivity contribution in [2.24, 2.45) is 0 Å². The van der Waals surface area contributed by atoms with E-state index in [0.717, 1.165) is 18.4 Å². The first-order chi connectivity index (χ1) is 18.7. The van der Waals surface area contributed by atoms with Gasteiger partial charge in [0.05, 0.1) is 27.6 Å². The Morgan fingerprint density at radius 2 is 1.59 bits per heavy atom. The number of sulfone groups is 1. The summed E-state index contributed by atoms with van der Waals surface area (Å²) in [5.41, 5.74) is 2.41. The fraction of sp³-hybridized carbons (Fsp3) is 0.161. The Balaban J connectivity index is 1.50. The minimum absolute atomic E-state index is 0.0310. The third-order valence-electron chi connectivity index (χ3n) is 6.77. The second-order valence-electron chi connectivity index (χ2n) is 9.60. The van der Waals surface area contributed by atoms with Gasteiger partial charge in [-0.1, -0.05) is 66.2 Å². The summed E-state index contributed by atoms with van der Waals surface area (Å²) >= 11 is 6.19. The first-order valence-corrected chi connectivity index (χ1v) is 14.5. The average Bonchev–Trinajstić information content (AvgIpc) is 3.00. The molecule has 0 saturated heterocycles. The van der Waals surface area contributed by atoms with Crippen LogP contribution in [-0.2, 0) is 22.8 Å². The van der Waals surface area contributed by atoms with Gasteiger partial charge in [-0.2, -0.15) is 0 Å². The van der Waals surface area contributed by atoms with Crippen LogP contribution >= 0.6 is 11.6 Å². The van der Waals surface area contributed by atoms with Gasteiger partial charge in [0.1, 0.15) is 0 Å². The van der Waals surface area contributed by atoms with E-state index in [9.17, 15) is 18.0 Å². The topological polar surface area (TPSA) is 83.6 Å². The maximum Gasteiger partial charge on any atom is 0.259 e. The van der Waals surface area contributed by atoms with E-state index in [2.05, 4.69) is 5.32 Å². The lowest BCUT2D eigenvalue weighted by Gasteiger charge is -2.24. The standard InChI is InChI=1S/C31H27ClN2O4S/c1-21(14-15-22-8-3-2-4-9-22)33-30(35)24-16-17-29-27(19-24)34(20-23-10-7-11-25(32)18-23)31(36)26-12-5-6-13-28(26)39(29,37)38/h2-13,16-19,21H,14-15,20H2,1H3,(H,33,35)/t21-/m1/s1. The highest BCUT2D eigenvalue weighted by atomic mass is 35.5. The van der Waals surface area contributed by atoms with Crippen LogP contribution < -0.4 is 10.2 Å². The first kappa shape index (κ1) is 26.7. The van der Waals surface area contributed by atoms with E-state index in [0.29, 0.717) is 5.02 Å². The fourth-order valence-corrected chi connectivity index (χ4v) is 6.57. The van der Waals surface area contributed by atoms with E-state index in [1.54, 1.807) is 30.3 Å². The highest BCUT2D eigenvalue weighted by Gasteiger charge is 2.36. The second-order valence-corrected chi connectivity index (χ2v) is 11.9.